The van der Waals surface area contributed by atoms with Crippen LogP contribution in [0, 0.1) is 12.7 Å². The molecule has 2 amide bonds. The molecule has 0 aliphatic heterocycles. The van der Waals surface area contributed by atoms with Crippen LogP contribution in [0.15, 0.2) is 77.7 Å². The molecular formula is C23H22FN3O4S. The molecule has 7 nitrogen and oxygen atoms in total. The van der Waals surface area contributed by atoms with Gasteiger partial charge in [0.05, 0.1) is 4.90 Å². The number of rotatable bonds is 8. The Balaban J connectivity index is 1.57. The fourth-order valence-corrected chi connectivity index (χ4v) is 3.87. The average molecular weight is 456 g/mol. The van der Waals surface area contributed by atoms with E-state index in [-0.39, 0.29) is 23.8 Å². The number of nitrogens with one attached hydrogen (secondary N) is 3. The molecule has 32 heavy (non-hydrogen) atoms. The van der Waals surface area contributed by atoms with Crippen molar-refractivity contribution in [3.63, 3.8) is 0 Å². The van der Waals surface area contributed by atoms with E-state index in [1.165, 1.54) is 0 Å². The van der Waals surface area contributed by atoms with Crippen molar-refractivity contribution in [2.45, 2.75) is 18.2 Å². The van der Waals surface area contributed by atoms with Gasteiger partial charge in [-0.25, -0.2) is 17.5 Å². The maximum absolute atomic E-state index is 13.0. The van der Waals surface area contributed by atoms with Gasteiger partial charge in [-0.1, -0.05) is 24.3 Å². The van der Waals surface area contributed by atoms with Crippen LogP contribution in [0.25, 0.3) is 0 Å². The van der Waals surface area contributed by atoms with Crippen LogP contribution in [0.5, 0.6) is 0 Å². The van der Waals surface area contributed by atoms with Crippen LogP contribution in [0.1, 0.15) is 22.3 Å². The van der Waals surface area contributed by atoms with Gasteiger partial charge in [0, 0.05) is 29.9 Å². The maximum atomic E-state index is 13.0. The van der Waals surface area contributed by atoms with Crippen molar-refractivity contribution in [1.29, 1.82) is 0 Å². The standard InChI is InChI=1S/C23H22FN3O4S/c1-16-7-10-19(26-23(29)17-5-3-2-4-6-17)15-21(16)27-22(28)13-14-25-32(30,31)20-11-8-18(24)9-12-20/h2-12,15,25H,13-14H2,1H3,(H,26,29)(H,27,28). The third-order valence-corrected chi connectivity index (χ3v) is 6.05. The summed E-state index contributed by atoms with van der Waals surface area (Å²) in [5.74, 6) is -1.22. The lowest BCUT2D eigenvalue weighted by Gasteiger charge is -2.12. The Labute approximate surface area is 185 Å². The second-order valence-corrected chi connectivity index (χ2v) is 8.77. The molecule has 0 heterocycles. The molecule has 3 rings (SSSR count). The summed E-state index contributed by atoms with van der Waals surface area (Å²) in [6, 6.07) is 18.2. The number of benzene rings is 3. The smallest absolute Gasteiger partial charge is 0.255 e. The first-order valence-electron chi connectivity index (χ1n) is 9.77. The molecule has 3 N–H and O–H groups in total. The summed E-state index contributed by atoms with van der Waals surface area (Å²) < 4.78 is 39.7. The molecule has 0 radical (unpaired) electrons. The number of carbonyl (C=O) groups is 2. The van der Waals surface area contributed by atoms with Gasteiger partial charge in [0.15, 0.2) is 0 Å². The van der Waals surface area contributed by atoms with E-state index in [0.717, 1.165) is 29.8 Å². The van der Waals surface area contributed by atoms with Gasteiger partial charge in [0.2, 0.25) is 15.9 Å². The zero-order valence-corrected chi connectivity index (χ0v) is 18.1. The maximum Gasteiger partial charge on any atom is 0.255 e. The summed E-state index contributed by atoms with van der Waals surface area (Å²) in [5, 5.41) is 5.50. The molecule has 0 bridgehead atoms. The number of carbonyl (C=O) groups excluding carboxylic acids is 2. The minimum absolute atomic E-state index is 0.0861. The average Bonchev–Trinajstić information content (AvgIpc) is 2.77. The van der Waals surface area contributed by atoms with Crippen LogP contribution in [0.3, 0.4) is 0 Å². The van der Waals surface area contributed by atoms with Crippen molar-refractivity contribution in [1.82, 2.24) is 4.72 Å². The number of anilines is 2. The van der Waals surface area contributed by atoms with Crippen LogP contribution < -0.4 is 15.4 Å². The Morgan fingerprint density at radius 3 is 2.28 bits per heavy atom. The van der Waals surface area contributed by atoms with Gasteiger partial charge < -0.3 is 10.6 Å². The molecule has 0 atom stereocenters. The molecule has 0 fully saturated rings. The van der Waals surface area contributed by atoms with Crippen LogP contribution in [-0.4, -0.2) is 26.8 Å². The Hall–Kier alpha value is -3.56. The molecule has 9 heteroatoms. The van der Waals surface area contributed by atoms with E-state index in [4.69, 9.17) is 0 Å². The van der Waals surface area contributed by atoms with E-state index in [2.05, 4.69) is 15.4 Å². The van der Waals surface area contributed by atoms with Crippen LogP contribution in [-0.2, 0) is 14.8 Å². The monoisotopic (exact) mass is 455 g/mol. The largest absolute Gasteiger partial charge is 0.326 e. The lowest BCUT2D eigenvalue weighted by molar-refractivity contribution is -0.116. The molecule has 3 aromatic carbocycles. The summed E-state index contributed by atoms with van der Waals surface area (Å²) in [7, 11) is -3.84. The van der Waals surface area contributed by atoms with E-state index in [1.807, 2.05) is 6.07 Å². The summed E-state index contributed by atoms with van der Waals surface area (Å²) in [5.41, 5.74) is 2.30. The first-order valence-corrected chi connectivity index (χ1v) is 11.2. The SMILES string of the molecule is Cc1ccc(NC(=O)c2ccccc2)cc1NC(=O)CCNS(=O)(=O)c1ccc(F)cc1. The highest BCUT2D eigenvalue weighted by atomic mass is 32.2. The fraction of sp³-hybridized carbons (Fsp3) is 0.130. The zero-order valence-electron chi connectivity index (χ0n) is 17.3. The third-order valence-electron chi connectivity index (χ3n) is 4.57. The number of hydrogen-bond acceptors (Lipinski definition) is 4. The summed E-state index contributed by atoms with van der Waals surface area (Å²) in [6.07, 6.45) is -0.111. The molecule has 166 valence electrons. The predicted octanol–water partition coefficient (Wildman–Crippen LogP) is 3.69. The summed E-state index contributed by atoms with van der Waals surface area (Å²) >= 11 is 0. The number of aryl methyl sites for hydroxylation is 1. The topological polar surface area (TPSA) is 104 Å². The molecule has 0 saturated carbocycles. The zero-order chi connectivity index (χ0) is 23.1. The van der Waals surface area contributed by atoms with Crippen molar-refractivity contribution >= 4 is 33.2 Å². The van der Waals surface area contributed by atoms with E-state index < -0.39 is 21.7 Å². The lowest BCUT2D eigenvalue weighted by atomic mass is 10.1. The molecule has 0 saturated heterocycles. The highest BCUT2D eigenvalue weighted by molar-refractivity contribution is 7.89. The lowest BCUT2D eigenvalue weighted by Crippen LogP contribution is -2.28. The second-order valence-electron chi connectivity index (χ2n) is 7.00. The van der Waals surface area contributed by atoms with E-state index >= 15 is 0 Å². The Bertz CT molecular complexity index is 1210. The molecule has 0 aromatic heterocycles. The van der Waals surface area contributed by atoms with Crippen LogP contribution in [0.2, 0.25) is 0 Å². The van der Waals surface area contributed by atoms with Crippen molar-refractivity contribution in [3.05, 3.63) is 89.7 Å². The van der Waals surface area contributed by atoms with E-state index in [1.54, 1.807) is 49.4 Å². The van der Waals surface area contributed by atoms with Gasteiger partial charge in [0.25, 0.3) is 5.91 Å². The van der Waals surface area contributed by atoms with Gasteiger partial charge in [0.1, 0.15) is 5.82 Å². The van der Waals surface area contributed by atoms with Gasteiger partial charge in [-0.05, 0) is 61.0 Å². The van der Waals surface area contributed by atoms with E-state index in [0.29, 0.717) is 16.9 Å². The highest BCUT2D eigenvalue weighted by Crippen LogP contribution is 2.21. The van der Waals surface area contributed by atoms with Crippen molar-refractivity contribution in [2.75, 3.05) is 17.2 Å². The quantitative estimate of drug-likeness (QED) is 0.482. The molecule has 0 unspecified atom stereocenters. The summed E-state index contributed by atoms with van der Waals surface area (Å²) in [4.78, 5) is 24.5. The Morgan fingerprint density at radius 1 is 0.906 bits per heavy atom. The minimum atomic E-state index is -3.84. The number of halogens is 1. The normalized spacial score (nSPS) is 11.1. The van der Waals surface area contributed by atoms with Crippen LogP contribution in [0.4, 0.5) is 15.8 Å². The second kappa shape index (κ2) is 10.2. The highest BCUT2D eigenvalue weighted by Gasteiger charge is 2.15. The Morgan fingerprint density at radius 2 is 1.59 bits per heavy atom. The van der Waals surface area contributed by atoms with Crippen molar-refractivity contribution in [2.24, 2.45) is 0 Å². The Kier molecular flexibility index (Phi) is 7.34. The van der Waals surface area contributed by atoms with E-state index in [9.17, 15) is 22.4 Å². The number of sulfonamides is 1. The fourth-order valence-electron chi connectivity index (χ4n) is 2.84. The van der Waals surface area contributed by atoms with Crippen molar-refractivity contribution < 1.29 is 22.4 Å². The summed E-state index contributed by atoms with van der Waals surface area (Å²) in [6.45, 7) is 1.67. The molecular weight excluding hydrogens is 433 g/mol. The molecule has 0 aliphatic rings. The number of hydrogen-bond donors (Lipinski definition) is 3. The first kappa shape index (κ1) is 23.1. The molecule has 0 spiro atoms. The van der Waals surface area contributed by atoms with Crippen molar-refractivity contribution in [3.8, 4) is 0 Å². The third kappa shape index (κ3) is 6.22. The van der Waals surface area contributed by atoms with Gasteiger partial charge in [-0.2, -0.15) is 0 Å². The number of amides is 2. The first-order chi connectivity index (χ1) is 15.2. The van der Waals surface area contributed by atoms with Crippen LogP contribution >= 0.6 is 0 Å². The molecule has 3 aromatic rings. The van der Waals surface area contributed by atoms with Gasteiger partial charge in [-0.3, -0.25) is 9.59 Å². The minimum Gasteiger partial charge on any atom is -0.326 e. The predicted molar refractivity (Wildman–Crippen MR) is 120 cm³/mol. The van der Waals surface area contributed by atoms with Gasteiger partial charge >= 0.3 is 0 Å². The van der Waals surface area contributed by atoms with Gasteiger partial charge in [-0.15, -0.1) is 0 Å². The molecule has 0 aliphatic carbocycles.